The summed E-state index contributed by atoms with van der Waals surface area (Å²) < 4.78 is 43.1. The fraction of sp³-hybridized carbons (Fsp3) is 0.158. The van der Waals surface area contributed by atoms with Crippen LogP contribution in [0.2, 0.25) is 0 Å². The third-order valence-electron chi connectivity index (χ3n) is 3.91. The van der Waals surface area contributed by atoms with Crippen LogP contribution in [0.25, 0.3) is 11.3 Å². The van der Waals surface area contributed by atoms with Gasteiger partial charge in [-0.05, 0) is 24.3 Å². The molecule has 2 N–H and O–H groups in total. The van der Waals surface area contributed by atoms with Crippen LogP contribution in [-0.2, 0) is 16.4 Å². The third-order valence-corrected chi connectivity index (χ3v) is 5.30. The van der Waals surface area contributed by atoms with Crippen molar-refractivity contribution < 1.29 is 27.1 Å². The van der Waals surface area contributed by atoms with E-state index in [1.54, 1.807) is 18.2 Å². The Kier molecular flexibility index (Phi) is 6.37. The molecule has 0 saturated carbocycles. The number of furan rings is 1. The number of nitriles is 1. The van der Waals surface area contributed by atoms with E-state index in [1.807, 2.05) is 10.8 Å². The maximum Gasteiger partial charge on any atom is 0.335 e. The first-order valence-corrected chi connectivity index (χ1v) is 10.2. The summed E-state index contributed by atoms with van der Waals surface area (Å²) >= 11 is 0. The minimum atomic E-state index is -4.30. The van der Waals surface area contributed by atoms with Crippen LogP contribution in [0.3, 0.4) is 0 Å². The minimum Gasteiger partial charge on any atom is -0.481 e. The summed E-state index contributed by atoms with van der Waals surface area (Å²) in [6.45, 7) is 0. The molecule has 3 rings (SSSR count). The highest BCUT2D eigenvalue weighted by molar-refractivity contribution is 7.90. The fourth-order valence-corrected chi connectivity index (χ4v) is 3.69. The molecule has 0 bridgehead atoms. The van der Waals surface area contributed by atoms with Gasteiger partial charge in [0.2, 0.25) is 17.7 Å². The monoisotopic (exact) mass is 443 g/mol. The van der Waals surface area contributed by atoms with E-state index in [1.165, 1.54) is 38.5 Å². The lowest BCUT2D eigenvalue weighted by Gasteiger charge is -2.11. The van der Waals surface area contributed by atoms with Gasteiger partial charge < -0.3 is 13.9 Å². The van der Waals surface area contributed by atoms with Crippen LogP contribution >= 0.6 is 0 Å². The fourth-order valence-electron chi connectivity index (χ4n) is 2.57. The predicted molar refractivity (Wildman–Crippen MR) is 108 cm³/mol. The van der Waals surface area contributed by atoms with Crippen molar-refractivity contribution in [2.75, 3.05) is 19.5 Å². The number of carbonyl (C=O) groups excluding carboxylic acids is 1. The minimum absolute atomic E-state index is 0.0412. The molecule has 0 unspecified atom stereocenters. The zero-order chi connectivity index (χ0) is 22.4. The first kappa shape index (κ1) is 21.6. The number of ether oxygens (including phenoxy) is 2. The summed E-state index contributed by atoms with van der Waals surface area (Å²) in [4.78, 5) is 19.9. The molecule has 160 valence electrons. The van der Waals surface area contributed by atoms with E-state index in [-0.39, 0.29) is 40.3 Å². The average molecular weight is 443 g/mol. The van der Waals surface area contributed by atoms with Crippen molar-refractivity contribution in [3.05, 3.63) is 48.2 Å². The molecule has 0 atom stereocenters. The molecule has 0 fully saturated rings. The maximum atomic E-state index is 12.8. The van der Waals surface area contributed by atoms with Gasteiger partial charge in [-0.15, -0.1) is 0 Å². The van der Waals surface area contributed by atoms with Crippen LogP contribution in [0.4, 0.5) is 10.7 Å². The number of hydrogen-bond acceptors (Lipinski definition) is 9. The van der Waals surface area contributed by atoms with Gasteiger partial charge in [0.15, 0.2) is 0 Å². The van der Waals surface area contributed by atoms with Gasteiger partial charge in [0, 0.05) is 5.56 Å². The molecule has 0 saturated heterocycles. The second-order valence-electron chi connectivity index (χ2n) is 5.93. The van der Waals surface area contributed by atoms with Gasteiger partial charge in [-0.2, -0.15) is 15.2 Å². The molecule has 0 aliphatic heterocycles. The number of carbonyl (C=O) groups is 1. The van der Waals surface area contributed by atoms with Crippen molar-refractivity contribution in [2.24, 2.45) is 0 Å². The molecular formula is C19H17N5O6S. The molecule has 2 heterocycles. The molecule has 2 amide bonds. The molecule has 0 spiro atoms. The Hall–Kier alpha value is -4.11. The van der Waals surface area contributed by atoms with Gasteiger partial charge in [-0.25, -0.2) is 17.9 Å². The third kappa shape index (κ3) is 5.09. The van der Waals surface area contributed by atoms with Crippen molar-refractivity contribution in [3.63, 3.8) is 0 Å². The molecular weight excluding hydrogens is 426 g/mol. The molecule has 2 aromatic heterocycles. The van der Waals surface area contributed by atoms with E-state index in [2.05, 4.69) is 15.3 Å². The van der Waals surface area contributed by atoms with E-state index in [9.17, 15) is 13.2 Å². The summed E-state index contributed by atoms with van der Waals surface area (Å²) in [6, 6.07) is 11.4. The van der Waals surface area contributed by atoms with E-state index in [4.69, 9.17) is 19.2 Å². The highest BCUT2D eigenvalue weighted by atomic mass is 32.2. The van der Waals surface area contributed by atoms with Crippen molar-refractivity contribution in [3.8, 4) is 29.2 Å². The lowest BCUT2D eigenvalue weighted by molar-refractivity contribution is 0.256. The first-order chi connectivity index (χ1) is 14.9. The molecule has 0 aliphatic rings. The Morgan fingerprint density at radius 3 is 2.45 bits per heavy atom. The van der Waals surface area contributed by atoms with Crippen LogP contribution < -0.4 is 19.5 Å². The van der Waals surface area contributed by atoms with Crippen LogP contribution in [0.5, 0.6) is 11.8 Å². The number of urea groups is 1. The van der Waals surface area contributed by atoms with Gasteiger partial charge in [0.1, 0.15) is 11.5 Å². The maximum absolute atomic E-state index is 12.8. The summed E-state index contributed by atoms with van der Waals surface area (Å²) in [5.74, 6) is 0.638. The number of nitrogens with zero attached hydrogens (tertiary/aromatic N) is 3. The number of sulfonamides is 1. The Balaban J connectivity index is 1.84. The van der Waals surface area contributed by atoms with E-state index >= 15 is 0 Å². The Labute approximate surface area is 177 Å². The number of hydrogen-bond donors (Lipinski definition) is 2. The molecule has 0 aliphatic carbocycles. The predicted octanol–water partition coefficient (Wildman–Crippen LogP) is 2.33. The lowest BCUT2D eigenvalue weighted by atomic mass is 10.2. The second kappa shape index (κ2) is 9.14. The largest absolute Gasteiger partial charge is 0.481 e. The zero-order valence-corrected chi connectivity index (χ0v) is 17.3. The molecule has 0 radical (unpaired) electrons. The Morgan fingerprint density at radius 1 is 1.13 bits per heavy atom. The molecule has 3 aromatic rings. The summed E-state index contributed by atoms with van der Waals surface area (Å²) in [7, 11) is -1.57. The van der Waals surface area contributed by atoms with E-state index in [0.29, 0.717) is 5.76 Å². The first-order valence-electron chi connectivity index (χ1n) is 8.72. The highest BCUT2D eigenvalue weighted by Crippen LogP contribution is 2.29. The number of benzene rings is 1. The summed E-state index contributed by atoms with van der Waals surface area (Å²) in [6.07, 6.45) is 0.0412. The van der Waals surface area contributed by atoms with Gasteiger partial charge in [0.25, 0.3) is 10.0 Å². The Morgan fingerprint density at radius 2 is 1.81 bits per heavy atom. The number of methoxy groups -OCH3 is 2. The van der Waals surface area contributed by atoms with Gasteiger partial charge in [0.05, 0.1) is 37.7 Å². The van der Waals surface area contributed by atoms with Gasteiger partial charge >= 0.3 is 6.03 Å². The molecule has 11 nitrogen and oxygen atoms in total. The van der Waals surface area contributed by atoms with Crippen molar-refractivity contribution >= 4 is 22.0 Å². The zero-order valence-electron chi connectivity index (χ0n) is 16.4. The summed E-state index contributed by atoms with van der Waals surface area (Å²) in [5.41, 5.74) is 0.228. The van der Waals surface area contributed by atoms with E-state index in [0.717, 1.165) is 0 Å². The quantitative estimate of drug-likeness (QED) is 0.559. The summed E-state index contributed by atoms with van der Waals surface area (Å²) in [5, 5.41) is 11.0. The molecule has 31 heavy (non-hydrogen) atoms. The number of nitrogens with one attached hydrogen (secondary N) is 2. The van der Waals surface area contributed by atoms with Crippen LogP contribution in [0.15, 0.2) is 51.8 Å². The second-order valence-corrected chi connectivity index (χ2v) is 7.58. The topological polar surface area (TPSA) is 156 Å². The van der Waals surface area contributed by atoms with E-state index < -0.39 is 16.1 Å². The highest BCUT2D eigenvalue weighted by Gasteiger charge is 2.24. The van der Waals surface area contributed by atoms with Crippen LogP contribution in [0, 0.1) is 11.3 Å². The molecule has 1 aromatic carbocycles. The number of amides is 2. The molecule has 12 heteroatoms. The standard InChI is InChI=1S/C19H17N5O6S/c1-28-16-11-17(29-2)22-18(21-16)23-19(25)24-31(26,27)15-6-4-3-5-13(15)14-8-7-12(30-14)9-10-20/h3-8,11H,9H2,1-2H3,(H2,21,22,23,24,25). The van der Waals surface area contributed by atoms with Crippen LogP contribution in [0.1, 0.15) is 5.76 Å². The van der Waals surface area contributed by atoms with Gasteiger partial charge in [-0.1, -0.05) is 12.1 Å². The number of rotatable bonds is 7. The van der Waals surface area contributed by atoms with Crippen LogP contribution in [-0.4, -0.2) is 38.6 Å². The van der Waals surface area contributed by atoms with Crippen molar-refractivity contribution in [1.82, 2.24) is 14.7 Å². The number of aromatic nitrogens is 2. The van der Waals surface area contributed by atoms with Gasteiger partial charge in [-0.3, -0.25) is 5.32 Å². The normalized spacial score (nSPS) is 10.7. The SMILES string of the molecule is COc1cc(OC)nc(NC(=O)NS(=O)(=O)c2ccccc2-c2ccc(CC#N)o2)n1. The van der Waals surface area contributed by atoms with Crippen molar-refractivity contribution in [2.45, 2.75) is 11.3 Å². The average Bonchev–Trinajstić information content (AvgIpc) is 3.21. The smallest absolute Gasteiger partial charge is 0.335 e. The number of anilines is 1. The Bertz CT molecular complexity index is 1230. The lowest BCUT2D eigenvalue weighted by Crippen LogP contribution is -2.35. The van der Waals surface area contributed by atoms with Crippen molar-refractivity contribution in [1.29, 1.82) is 5.26 Å².